The van der Waals surface area contributed by atoms with Crippen LogP contribution in [-0.4, -0.2) is 37.7 Å². The Morgan fingerprint density at radius 2 is 1.96 bits per heavy atom. The molecule has 1 aromatic carbocycles. The Hall–Kier alpha value is -1.51. The summed E-state index contributed by atoms with van der Waals surface area (Å²) in [6.07, 6.45) is 0. The maximum absolute atomic E-state index is 11.9. The number of rotatable bonds is 6. The minimum Gasteiger partial charge on any atom is -0.496 e. The van der Waals surface area contributed by atoms with Crippen molar-refractivity contribution in [3.63, 3.8) is 0 Å². The summed E-state index contributed by atoms with van der Waals surface area (Å²) in [5.41, 5.74) is 1.67. The number of halogens is 1. The maximum atomic E-state index is 11.9. The monoisotopic (exact) mass is 477 g/mol. The van der Waals surface area contributed by atoms with E-state index in [1.807, 2.05) is 53.7 Å². The second kappa shape index (κ2) is 11.3. The highest BCUT2D eigenvalue weighted by Gasteiger charge is 2.17. The molecule has 6 nitrogen and oxygen atoms in total. The standard InChI is InChI=1S/C19H31N3O3.HI/c1-8-20-18(21-12-17(23)25-19(4,5)6)22-14(3)15-11-13(2)9-10-16(15)24-7;/h9-11,14H,8,12H2,1-7H3,(H2,20,21,22);1H. The van der Waals surface area contributed by atoms with Gasteiger partial charge in [0.25, 0.3) is 0 Å². The Morgan fingerprint density at radius 1 is 1.31 bits per heavy atom. The van der Waals surface area contributed by atoms with Gasteiger partial charge in [-0.2, -0.15) is 0 Å². The SMILES string of the molecule is CCNC(=NCC(=O)OC(C)(C)C)NC(C)c1cc(C)ccc1OC.I. The summed E-state index contributed by atoms with van der Waals surface area (Å²) >= 11 is 0. The first-order chi connectivity index (χ1) is 11.7. The molecule has 0 heterocycles. The Labute approximate surface area is 174 Å². The number of aliphatic imine (C=N–C) groups is 1. The summed E-state index contributed by atoms with van der Waals surface area (Å²) < 4.78 is 10.7. The van der Waals surface area contributed by atoms with Crippen molar-refractivity contribution in [2.24, 2.45) is 4.99 Å². The van der Waals surface area contributed by atoms with Crippen LogP contribution in [0.25, 0.3) is 0 Å². The molecule has 0 radical (unpaired) electrons. The highest BCUT2D eigenvalue weighted by molar-refractivity contribution is 14.0. The van der Waals surface area contributed by atoms with Crippen molar-refractivity contribution in [1.82, 2.24) is 10.6 Å². The van der Waals surface area contributed by atoms with Crippen LogP contribution in [-0.2, 0) is 9.53 Å². The number of benzene rings is 1. The van der Waals surface area contributed by atoms with E-state index in [4.69, 9.17) is 9.47 Å². The number of carbonyl (C=O) groups excluding carboxylic acids is 1. The number of hydrogen-bond donors (Lipinski definition) is 2. The first-order valence-electron chi connectivity index (χ1n) is 8.57. The van der Waals surface area contributed by atoms with Gasteiger partial charge in [0.15, 0.2) is 5.96 Å². The number of nitrogens with zero attached hydrogens (tertiary/aromatic N) is 1. The van der Waals surface area contributed by atoms with Gasteiger partial charge in [-0.1, -0.05) is 17.7 Å². The molecule has 1 rings (SSSR count). The van der Waals surface area contributed by atoms with Crippen LogP contribution in [0.3, 0.4) is 0 Å². The Balaban J connectivity index is 0.00000625. The smallest absolute Gasteiger partial charge is 0.328 e. The zero-order chi connectivity index (χ0) is 19.0. The van der Waals surface area contributed by atoms with E-state index in [0.29, 0.717) is 12.5 Å². The molecule has 0 aliphatic carbocycles. The molecular formula is C19H32IN3O3. The van der Waals surface area contributed by atoms with Crippen molar-refractivity contribution >= 4 is 35.9 Å². The minimum absolute atomic E-state index is 0. The maximum Gasteiger partial charge on any atom is 0.328 e. The number of carbonyl (C=O) groups is 1. The van der Waals surface area contributed by atoms with Gasteiger partial charge < -0.3 is 20.1 Å². The average Bonchev–Trinajstić information content (AvgIpc) is 2.51. The van der Waals surface area contributed by atoms with Crippen LogP contribution in [0.4, 0.5) is 0 Å². The molecule has 148 valence electrons. The zero-order valence-corrected chi connectivity index (χ0v) is 19.1. The van der Waals surface area contributed by atoms with E-state index in [2.05, 4.69) is 21.7 Å². The number of aryl methyl sites for hydroxylation is 1. The molecule has 0 spiro atoms. The molecule has 0 amide bonds. The number of ether oxygens (including phenoxy) is 2. The Kier molecular flexibility index (Phi) is 10.6. The van der Waals surface area contributed by atoms with Crippen molar-refractivity contribution in [2.75, 3.05) is 20.2 Å². The third-order valence-corrected chi connectivity index (χ3v) is 3.34. The summed E-state index contributed by atoms with van der Waals surface area (Å²) in [5, 5.41) is 6.45. The molecule has 0 aromatic heterocycles. The lowest BCUT2D eigenvalue weighted by molar-refractivity contribution is -0.152. The molecule has 0 fully saturated rings. The Bertz CT molecular complexity index is 613. The van der Waals surface area contributed by atoms with Crippen molar-refractivity contribution in [3.8, 4) is 5.75 Å². The van der Waals surface area contributed by atoms with Gasteiger partial charge in [0.2, 0.25) is 0 Å². The summed E-state index contributed by atoms with van der Waals surface area (Å²) in [7, 11) is 1.66. The fourth-order valence-electron chi connectivity index (χ4n) is 2.31. The van der Waals surface area contributed by atoms with Crippen LogP contribution in [0, 0.1) is 6.92 Å². The number of methoxy groups -OCH3 is 1. The molecule has 7 heteroatoms. The van der Waals surface area contributed by atoms with Gasteiger partial charge >= 0.3 is 5.97 Å². The van der Waals surface area contributed by atoms with E-state index < -0.39 is 5.60 Å². The first kappa shape index (κ1) is 24.5. The van der Waals surface area contributed by atoms with E-state index in [1.54, 1.807) is 7.11 Å². The van der Waals surface area contributed by atoms with Gasteiger partial charge in [-0.05, 0) is 47.6 Å². The quantitative estimate of drug-likeness (QED) is 0.284. The number of nitrogens with one attached hydrogen (secondary N) is 2. The summed E-state index contributed by atoms with van der Waals surface area (Å²) in [6.45, 7) is 12.2. The van der Waals surface area contributed by atoms with Gasteiger partial charge in [0.1, 0.15) is 17.9 Å². The minimum atomic E-state index is -0.513. The van der Waals surface area contributed by atoms with Gasteiger partial charge in [-0.15, -0.1) is 24.0 Å². The van der Waals surface area contributed by atoms with E-state index in [9.17, 15) is 4.79 Å². The molecule has 1 unspecified atom stereocenters. The van der Waals surface area contributed by atoms with Crippen LogP contribution in [0.2, 0.25) is 0 Å². The van der Waals surface area contributed by atoms with E-state index >= 15 is 0 Å². The van der Waals surface area contributed by atoms with Gasteiger partial charge in [0, 0.05) is 12.1 Å². The summed E-state index contributed by atoms with van der Waals surface area (Å²) in [5.74, 6) is 1.02. The topological polar surface area (TPSA) is 72.0 Å². The largest absolute Gasteiger partial charge is 0.496 e. The fraction of sp³-hybridized carbons (Fsp3) is 0.579. The summed E-state index contributed by atoms with van der Waals surface area (Å²) in [6, 6.07) is 6.00. The molecule has 26 heavy (non-hydrogen) atoms. The van der Waals surface area contributed by atoms with Gasteiger partial charge in [0.05, 0.1) is 13.2 Å². The lowest BCUT2D eigenvalue weighted by atomic mass is 10.0. The van der Waals surface area contributed by atoms with E-state index in [0.717, 1.165) is 16.9 Å². The Morgan fingerprint density at radius 3 is 2.50 bits per heavy atom. The highest BCUT2D eigenvalue weighted by Crippen LogP contribution is 2.25. The third-order valence-electron chi connectivity index (χ3n) is 3.34. The van der Waals surface area contributed by atoms with Crippen LogP contribution >= 0.6 is 24.0 Å². The van der Waals surface area contributed by atoms with Crippen molar-refractivity contribution in [1.29, 1.82) is 0 Å². The molecule has 0 saturated heterocycles. The molecule has 0 saturated carbocycles. The highest BCUT2D eigenvalue weighted by atomic mass is 127. The van der Waals surface area contributed by atoms with Gasteiger partial charge in [-0.3, -0.25) is 4.79 Å². The lowest BCUT2D eigenvalue weighted by Crippen LogP contribution is -2.39. The summed E-state index contributed by atoms with van der Waals surface area (Å²) in [4.78, 5) is 16.2. The lowest BCUT2D eigenvalue weighted by Gasteiger charge is -2.21. The van der Waals surface area contributed by atoms with E-state index in [1.165, 1.54) is 0 Å². The molecule has 0 aliphatic rings. The third kappa shape index (κ3) is 8.73. The van der Waals surface area contributed by atoms with Crippen molar-refractivity contribution in [3.05, 3.63) is 29.3 Å². The number of esters is 1. The average molecular weight is 477 g/mol. The second-order valence-electron chi connectivity index (χ2n) is 6.89. The van der Waals surface area contributed by atoms with Crippen LogP contribution in [0.5, 0.6) is 5.75 Å². The van der Waals surface area contributed by atoms with Crippen LogP contribution in [0.15, 0.2) is 23.2 Å². The number of guanidine groups is 1. The molecule has 1 aromatic rings. The fourth-order valence-corrected chi connectivity index (χ4v) is 2.31. The molecular weight excluding hydrogens is 445 g/mol. The second-order valence-corrected chi connectivity index (χ2v) is 6.89. The number of hydrogen-bond acceptors (Lipinski definition) is 4. The van der Waals surface area contributed by atoms with Gasteiger partial charge in [-0.25, -0.2) is 4.99 Å². The molecule has 2 N–H and O–H groups in total. The first-order valence-corrected chi connectivity index (χ1v) is 8.57. The van der Waals surface area contributed by atoms with Crippen LogP contribution in [0.1, 0.15) is 51.8 Å². The predicted octanol–water partition coefficient (Wildman–Crippen LogP) is 3.58. The predicted molar refractivity (Wildman–Crippen MR) is 117 cm³/mol. The van der Waals surface area contributed by atoms with Crippen molar-refractivity contribution < 1.29 is 14.3 Å². The van der Waals surface area contributed by atoms with E-state index in [-0.39, 0.29) is 42.5 Å². The molecule has 0 aliphatic heterocycles. The normalized spacial score (nSPS) is 12.7. The zero-order valence-electron chi connectivity index (χ0n) is 16.8. The van der Waals surface area contributed by atoms with Crippen LogP contribution < -0.4 is 15.4 Å². The molecule has 0 bridgehead atoms. The molecule has 1 atom stereocenters. The van der Waals surface area contributed by atoms with Crippen molar-refractivity contribution in [2.45, 2.75) is 53.2 Å².